The van der Waals surface area contributed by atoms with Crippen LogP contribution in [0.3, 0.4) is 0 Å². The van der Waals surface area contributed by atoms with Crippen LogP contribution in [0, 0.1) is 29.2 Å². The van der Waals surface area contributed by atoms with Crippen molar-refractivity contribution in [1.29, 1.82) is 0 Å². The summed E-state index contributed by atoms with van der Waals surface area (Å²) in [4.78, 5) is 16.9. The molecule has 0 spiro atoms. The first-order valence-electron chi connectivity index (χ1n) is 21.4. The molecule has 1 aliphatic rings. The molecular weight excluding hydrogens is 1040 g/mol. The normalized spacial score (nSPS) is 16.4. The minimum atomic E-state index is -4.91. The van der Waals surface area contributed by atoms with Gasteiger partial charge in [0.2, 0.25) is 0 Å². The molecule has 1 fully saturated rings. The van der Waals surface area contributed by atoms with E-state index in [2.05, 4.69) is 65.0 Å². The fraction of sp³-hybridized carbons (Fsp3) is 0.520. The first-order chi connectivity index (χ1) is 29.0. The molecule has 1 aliphatic carbocycles. The second kappa shape index (κ2) is 18.7. The predicted octanol–water partition coefficient (Wildman–Crippen LogP) is 16.8. The number of carbonyl (C=O) groups is 1. The molecular formula is C50H57F9IrNO2S-. The van der Waals surface area contributed by atoms with Crippen LogP contribution in [0.25, 0.3) is 42.2 Å². The van der Waals surface area contributed by atoms with E-state index in [0.717, 1.165) is 70.1 Å². The Bertz CT molecular complexity index is 2490. The number of alkyl halides is 9. The van der Waals surface area contributed by atoms with Crippen LogP contribution in [0.15, 0.2) is 66.6 Å². The van der Waals surface area contributed by atoms with Crippen LogP contribution in [0.4, 0.5) is 39.5 Å². The zero-order valence-corrected chi connectivity index (χ0v) is 41.1. The molecule has 64 heavy (non-hydrogen) atoms. The number of hydrogen-bond donors (Lipinski definition) is 1. The fourth-order valence-electron chi connectivity index (χ4n) is 9.35. The first-order valence-corrected chi connectivity index (χ1v) is 22.3. The van der Waals surface area contributed by atoms with Crippen LogP contribution < -0.4 is 0 Å². The van der Waals surface area contributed by atoms with Gasteiger partial charge in [-0.3, -0.25) is 9.78 Å². The number of halogens is 9. The van der Waals surface area contributed by atoms with Crippen molar-refractivity contribution >= 4 is 48.1 Å². The third-order valence-corrected chi connectivity index (χ3v) is 15.2. The Kier molecular flexibility index (Phi) is 15.5. The predicted molar refractivity (Wildman–Crippen MR) is 236 cm³/mol. The first kappa shape index (κ1) is 53.1. The number of hydrogen-bond acceptors (Lipinski definition) is 4. The molecule has 14 heteroatoms. The number of ketones is 1. The molecule has 3 nitrogen and oxygen atoms in total. The van der Waals surface area contributed by atoms with E-state index in [4.69, 9.17) is 4.98 Å². The number of aromatic nitrogens is 1. The molecule has 5 aromatic rings. The fourth-order valence-corrected chi connectivity index (χ4v) is 10.6. The summed E-state index contributed by atoms with van der Waals surface area (Å²) < 4.78 is 126. The van der Waals surface area contributed by atoms with Gasteiger partial charge in [0, 0.05) is 52.9 Å². The molecule has 0 atom stereocenters. The van der Waals surface area contributed by atoms with Crippen LogP contribution in [0.2, 0.25) is 0 Å². The van der Waals surface area contributed by atoms with Crippen molar-refractivity contribution in [2.24, 2.45) is 16.2 Å². The second-order valence-electron chi connectivity index (χ2n) is 18.9. The molecule has 0 aliphatic heterocycles. The van der Waals surface area contributed by atoms with Gasteiger partial charge in [-0.25, -0.2) is 0 Å². The van der Waals surface area contributed by atoms with Crippen molar-refractivity contribution < 1.29 is 69.5 Å². The van der Waals surface area contributed by atoms with Gasteiger partial charge < -0.3 is 5.11 Å². The Hall–Kier alpha value is -3.48. The maximum atomic E-state index is 14.9. The van der Waals surface area contributed by atoms with Gasteiger partial charge in [-0.15, -0.1) is 40.5 Å². The number of benzene rings is 3. The van der Waals surface area contributed by atoms with E-state index in [0.29, 0.717) is 18.4 Å². The molecule has 0 saturated heterocycles. The maximum absolute atomic E-state index is 14.9. The van der Waals surface area contributed by atoms with Crippen molar-refractivity contribution in [3.8, 4) is 11.3 Å². The topological polar surface area (TPSA) is 50.2 Å². The van der Waals surface area contributed by atoms with Gasteiger partial charge in [0.25, 0.3) is 0 Å². The van der Waals surface area contributed by atoms with Gasteiger partial charge >= 0.3 is 18.5 Å². The minimum Gasteiger partial charge on any atom is -0.511 e. The van der Waals surface area contributed by atoms with Gasteiger partial charge in [-0.05, 0) is 91.7 Å². The summed E-state index contributed by atoms with van der Waals surface area (Å²) in [7, 11) is 0. The molecule has 0 unspecified atom stereocenters. The number of nitrogens with zero attached hydrogens (tertiary/aromatic N) is 1. The van der Waals surface area contributed by atoms with E-state index < -0.39 is 72.0 Å². The number of aryl methyl sites for hydroxylation is 1. The molecule has 2 aromatic heterocycles. The number of fused-ring (bicyclic) bond motifs is 4. The number of carbonyl (C=O) groups excluding carboxylic acids is 1. The van der Waals surface area contributed by atoms with Crippen molar-refractivity contribution in [3.63, 3.8) is 0 Å². The number of pyridine rings is 1. The quantitative estimate of drug-likeness (QED) is 0.0693. The summed E-state index contributed by atoms with van der Waals surface area (Å²) in [6.45, 7) is 17.3. The van der Waals surface area contributed by atoms with Crippen LogP contribution in [-0.4, -0.2) is 34.4 Å². The van der Waals surface area contributed by atoms with Crippen molar-refractivity contribution in [2.45, 2.75) is 150 Å². The second-order valence-corrected chi connectivity index (χ2v) is 19.9. The number of aliphatic hydroxyl groups is 1. The van der Waals surface area contributed by atoms with Crippen LogP contribution in [0.5, 0.6) is 0 Å². The summed E-state index contributed by atoms with van der Waals surface area (Å²) in [6, 6.07) is 19.7. The standard InChI is InChI=1S/C35H35F3NS.C15H22F6O2.Ir/c1-21-27(34(35(36,37)38)16-14-33(5,6)15-17-34)12-11-25-26-13-18-39-29(31(26)40-30(21)25)23-19-22-9-7-8-10-24(22)28(20-23)32(2,3)4;1-5-12(6-2,14(16,17)18)10(22)9-11(23)13(7-3,8-4)15(19,20)21;/h7-13,18,20H,14-17H2,1-6H3;9,22H,5-8H2,1-4H3;/q-1;;/b;10-9-;. The molecule has 353 valence electrons. The third kappa shape index (κ3) is 9.40. The average Bonchev–Trinajstić information content (AvgIpc) is 3.57. The van der Waals surface area contributed by atoms with E-state index in [1.807, 2.05) is 31.3 Å². The van der Waals surface area contributed by atoms with Gasteiger partial charge in [0.15, 0.2) is 5.78 Å². The van der Waals surface area contributed by atoms with Gasteiger partial charge in [0.1, 0.15) is 16.6 Å². The average molecular weight is 1100 g/mol. The summed E-state index contributed by atoms with van der Waals surface area (Å²) in [5.41, 5.74) is -3.29. The number of thiophene rings is 1. The molecule has 0 amide bonds. The van der Waals surface area contributed by atoms with Crippen molar-refractivity contribution in [3.05, 3.63) is 89.3 Å². The number of rotatable bonds is 9. The van der Waals surface area contributed by atoms with Gasteiger partial charge in [-0.2, -0.15) is 39.5 Å². The maximum Gasteiger partial charge on any atom is 0.401 e. The van der Waals surface area contributed by atoms with Crippen LogP contribution >= 0.6 is 11.3 Å². The Balaban J connectivity index is 0.000000323. The van der Waals surface area contributed by atoms with E-state index >= 15 is 0 Å². The minimum absolute atomic E-state index is 0. The van der Waals surface area contributed by atoms with Crippen molar-refractivity contribution in [2.75, 3.05) is 0 Å². The number of aliphatic hydroxyl groups excluding tert-OH is 1. The van der Waals surface area contributed by atoms with Gasteiger partial charge in [-0.1, -0.05) is 104 Å². The largest absolute Gasteiger partial charge is 0.511 e. The van der Waals surface area contributed by atoms with E-state index in [1.54, 1.807) is 17.4 Å². The van der Waals surface area contributed by atoms with Gasteiger partial charge in [0.05, 0.1) is 5.41 Å². The zero-order valence-electron chi connectivity index (χ0n) is 37.9. The Labute approximate surface area is 387 Å². The molecule has 3 aromatic carbocycles. The Morgan fingerprint density at radius 1 is 0.766 bits per heavy atom. The molecule has 1 radical (unpaired) electrons. The SMILES string of the molecule is CCC(CC)(C(=O)/C=C(\O)C(CC)(CC)C(F)(F)F)C(F)(F)F.Cc1c(C2(C(F)(F)F)CCC(C)(C)CC2)ccc2c1sc1c(-c3[c-]c4ccccc4c(C(C)(C)C)c3)nccc12.[Ir]. The third-order valence-electron chi connectivity index (χ3n) is 13.9. The molecule has 0 bridgehead atoms. The van der Waals surface area contributed by atoms with Crippen molar-refractivity contribution in [1.82, 2.24) is 4.98 Å². The molecule has 1 N–H and O–H groups in total. The van der Waals surface area contributed by atoms with Crippen LogP contribution in [-0.2, 0) is 35.7 Å². The summed E-state index contributed by atoms with van der Waals surface area (Å²) in [6.07, 6.45) is -13.2. The summed E-state index contributed by atoms with van der Waals surface area (Å²) in [5.74, 6) is -2.92. The summed E-state index contributed by atoms with van der Waals surface area (Å²) >= 11 is 1.57. The van der Waals surface area contributed by atoms with E-state index in [1.165, 1.54) is 10.9 Å². The monoisotopic (exact) mass is 1100 g/mol. The zero-order chi connectivity index (χ0) is 47.4. The smallest absolute Gasteiger partial charge is 0.401 e. The molecule has 2 heterocycles. The van der Waals surface area contributed by atoms with E-state index in [9.17, 15) is 49.4 Å². The molecule has 6 rings (SSSR count). The summed E-state index contributed by atoms with van der Waals surface area (Å²) in [5, 5.41) is 14.1. The molecule has 1 saturated carbocycles. The Morgan fingerprint density at radius 2 is 1.30 bits per heavy atom. The number of allylic oxidation sites excluding steroid dienone is 2. The van der Waals surface area contributed by atoms with E-state index in [-0.39, 0.29) is 49.9 Å². The van der Waals surface area contributed by atoms with Crippen LogP contribution in [0.1, 0.15) is 130 Å². The Morgan fingerprint density at radius 3 is 1.80 bits per heavy atom.